The number of nitrogens with zero attached hydrogens (tertiary/aromatic N) is 1. The van der Waals surface area contributed by atoms with E-state index in [1.54, 1.807) is 7.11 Å². The molecular weight excluding hydrogens is 200 g/mol. The Morgan fingerprint density at radius 3 is 2.62 bits per heavy atom. The molecule has 0 spiro atoms. The first-order valence-electron chi connectivity index (χ1n) is 5.07. The summed E-state index contributed by atoms with van der Waals surface area (Å²) in [6.45, 7) is 1.96. The highest BCUT2D eigenvalue weighted by atomic mass is 16.5. The van der Waals surface area contributed by atoms with E-state index in [9.17, 15) is 0 Å². The Bertz CT molecular complexity index is 492. The zero-order valence-electron chi connectivity index (χ0n) is 9.40. The number of nitrogen functional groups attached to an aromatic ring is 1. The van der Waals surface area contributed by atoms with E-state index in [1.807, 2.05) is 43.5 Å². The molecule has 3 nitrogen and oxygen atoms in total. The molecule has 16 heavy (non-hydrogen) atoms. The number of benzene rings is 1. The predicted octanol–water partition coefficient (Wildman–Crippen LogP) is 2.65. The number of anilines is 1. The third-order valence-electron chi connectivity index (χ3n) is 2.48. The highest BCUT2D eigenvalue weighted by Gasteiger charge is 2.04. The summed E-state index contributed by atoms with van der Waals surface area (Å²) in [5, 5.41) is 0. The maximum absolute atomic E-state index is 5.93. The smallest absolute Gasteiger partial charge is 0.119 e. The van der Waals surface area contributed by atoms with Gasteiger partial charge >= 0.3 is 0 Å². The van der Waals surface area contributed by atoms with Crippen LogP contribution in [0.5, 0.6) is 5.75 Å². The number of aryl methyl sites for hydroxylation is 1. The largest absolute Gasteiger partial charge is 0.497 e. The molecule has 0 aliphatic heterocycles. The van der Waals surface area contributed by atoms with Crippen LogP contribution in [0.3, 0.4) is 0 Å². The Balaban J connectivity index is 2.50. The van der Waals surface area contributed by atoms with Gasteiger partial charge in [0.05, 0.1) is 7.11 Å². The minimum atomic E-state index is 0.728. The van der Waals surface area contributed by atoms with E-state index >= 15 is 0 Å². The lowest BCUT2D eigenvalue weighted by Crippen LogP contribution is -1.92. The molecule has 0 saturated carbocycles. The third kappa shape index (κ3) is 1.98. The zero-order chi connectivity index (χ0) is 11.5. The molecule has 2 aromatic rings. The van der Waals surface area contributed by atoms with Gasteiger partial charge in [0, 0.05) is 28.7 Å². The monoisotopic (exact) mass is 214 g/mol. The van der Waals surface area contributed by atoms with E-state index < -0.39 is 0 Å². The lowest BCUT2D eigenvalue weighted by atomic mass is 10.1. The standard InChI is InChI=1S/C13H14N2O/c1-9-3-4-10(8-15-9)12-7-11(16-2)5-6-13(12)14/h3-8H,14H2,1-2H3. The summed E-state index contributed by atoms with van der Waals surface area (Å²) in [5.41, 5.74) is 9.60. The summed E-state index contributed by atoms with van der Waals surface area (Å²) in [4.78, 5) is 4.26. The number of ether oxygens (including phenoxy) is 1. The van der Waals surface area contributed by atoms with Crippen LogP contribution in [0.15, 0.2) is 36.5 Å². The van der Waals surface area contributed by atoms with Gasteiger partial charge in [-0.2, -0.15) is 0 Å². The number of aromatic nitrogens is 1. The molecule has 0 bridgehead atoms. The molecule has 0 atom stereocenters. The van der Waals surface area contributed by atoms with Crippen LogP contribution in [0.25, 0.3) is 11.1 Å². The van der Waals surface area contributed by atoms with Gasteiger partial charge in [0.15, 0.2) is 0 Å². The molecule has 0 saturated heterocycles. The first-order valence-corrected chi connectivity index (χ1v) is 5.07. The first-order chi connectivity index (χ1) is 7.70. The van der Waals surface area contributed by atoms with Crippen LogP contribution in [0.2, 0.25) is 0 Å². The third-order valence-corrected chi connectivity index (χ3v) is 2.48. The molecule has 0 amide bonds. The molecule has 0 aliphatic rings. The van der Waals surface area contributed by atoms with Gasteiger partial charge < -0.3 is 10.5 Å². The second kappa shape index (κ2) is 4.23. The van der Waals surface area contributed by atoms with E-state index in [1.165, 1.54) is 0 Å². The molecule has 2 rings (SSSR count). The Morgan fingerprint density at radius 1 is 1.19 bits per heavy atom. The maximum atomic E-state index is 5.93. The number of pyridine rings is 1. The first kappa shape index (κ1) is 10.5. The zero-order valence-corrected chi connectivity index (χ0v) is 9.40. The van der Waals surface area contributed by atoms with Crippen molar-refractivity contribution in [1.29, 1.82) is 0 Å². The van der Waals surface area contributed by atoms with Crippen LogP contribution in [-0.4, -0.2) is 12.1 Å². The minimum absolute atomic E-state index is 0.728. The second-order valence-electron chi connectivity index (χ2n) is 3.64. The Kier molecular flexibility index (Phi) is 2.77. The van der Waals surface area contributed by atoms with Gasteiger partial charge in [0.25, 0.3) is 0 Å². The van der Waals surface area contributed by atoms with Gasteiger partial charge in [-0.15, -0.1) is 0 Å². The van der Waals surface area contributed by atoms with Crippen molar-refractivity contribution >= 4 is 5.69 Å². The molecule has 0 fully saturated rings. The molecule has 82 valence electrons. The summed E-state index contributed by atoms with van der Waals surface area (Å²) < 4.78 is 5.18. The van der Waals surface area contributed by atoms with Gasteiger partial charge in [-0.05, 0) is 31.2 Å². The van der Waals surface area contributed by atoms with Gasteiger partial charge in [-0.25, -0.2) is 0 Å². The molecule has 0 radical (unpaired) electrons. The van der Waals surface area contributed by atoms with Crippen molar-refractivity contribution in [2.75, 3.05) is 12.8 Å². The van der Waals surface area contributed by atoms with Gasteiger partial charge in [-0.1, -0.05) is 6.07 Å². The van der Waals surface area contributed by atoms with Gasteiger partial charge in [0.2, 0.25) is 0 Å². The normalized spacial score (nSPS) is 10.1. The number of nitrogens with two attached hydrogens (primary N) is 1. The minimum Gasteiger partial charge on any atom is -0.497 e. The molecule has 1 heterocycles. The topological polar surface area (TPSA) is 48.1 Å². The van der Waals surface area contributed by atoms with Crippen molar-refractivity contribution in [2.45, 2.75) is 6.92 Å². The van der Waals surface area contributed by atoms with Crippen LogP contribution in [0.4, 0.5) is 5.69 Å². The summed E-state index contributed by atoms with van der Waals surface area (Å²) in [5.74, 6) is 0.796. The Hall–Kier alpha value is -2.03. The van der Waals surface area contributed by atoms with Crippen molar-refractivity contribution < 1.29 is 4.74 Å². The van der Waals surface area contributed by atoms with E-state index in [0.29, 0.717) is 0 Å². The predicted molar refractivity (Wildman–Crippen MR) is 65.4 cm³/mol. The summed E-state index contributed by atoms with van der Waals surface area (Å²) in [6, 6.07) is 9.58. The van der Waals surface area contributed by atoms with Crippen molar-refractivity contribution in [1.82, 2.24) is 4.98 Å². The number of rotatable bonds is 2. The van der Waals surface area contributed by atoms with Crippen LogP contribution in [0, 0.1) is 6.92 Å². The summed E-state index contributed by atoms with van der Waals surface area (Å²) >= 11 is 0. The lowest BCUT2D eigenvalue weighted by Gasteiger charge is -2.08. The average Bonchev–Trinajstić information content (AvgIpc) is 2.31. The van der Waals surface area contributed by atoms with Crippen LogP contribution in [-0.2, 0) is 0 Å². The van der Waals surface area contributed by atoms with Crippen molar-refractivity contribution in [3.63, 3.8) is 0 Å². The Labute approximate surface area is 94.9 Å². The molecule has 2 N–H and O–H groups in total. The SMILES string of the molecule is COc1ccc(N)c(-c2ccc(C)nc2)c1. The van der Waals surface area contributed by atoms with E-state index in [0.717, 1.165) is 28.3 Å². The molecule has 3 heteroatoms. The summed E-state index contributed by atoms with van der Waals surface area (Å²) in [7, 11) is 1.64. The van der Waals surface area contributed by atoms with E-state index in [2.05, 4.69) is 4.98 Å². The fourth-order valence-electron chi connectivity index (χ4n) is 1.54. The van der Waals surface area contributed by atoms with Gasteiger partial charge in [0.1, 0.15) is 5.75 Å². The average molecular weight is 214 g/mol. The van der Waals surface area contributed by atoms with Crippen LogP contribution >= 0.6 is 0 Å². The number of methoxy groups -OCH3 is 1. The molecule has 0 unspecified atom stereocenters. The highest BCUT2D eigenvalue weighted by molar-refractivity contribution is 5.77. The molecular formula is C13H14N2O. The maximum Gasteiger partial charge on any atom is 0.119 e. The quantitative estimate of drug-likeness (QED) is 0.782. The molecule has 0 aliphatic carbocycles. The van der Waals surface area contributed by atoms with Gasteiger partial charge in [-0.3, -0.25) is 4.98 Å². The van der Waals surface area contributed by atoms with Crippen molar-refractivity contribution in [3.8, 4) is 16.9 Å². The van der Waals surface area contributed by atoms with E-state index in [4.69, 9.17) is 10.5 Å². The molecule has 1 aromatic heterocycles. The number of hydrogen-bond donors (Lipinski definition) is 1. The lowest BCUT2D eigenvalue weighted by molar-refractivity contribution is 0.415. The second-order valence-corrected chi connectivity index (χ2v) is 3.64. The Morgan fingerprint density at radius 2 is 2.00 bits per heavy atom. The van der Waals surface area contributed by atoms with Crippen molar-refractivity contribution in [2.24, 2.45) is 0 Å². The van der Waals surface area contributed by atoms with Crippen molar-refractivity contribution in [3.05, 3.63) is 42.2 Å². The molecule has 1 aromatic carbocycles. The highest BCUT2D eigenvalue weighted by Crippen LogP contribution is 2.29. The number of hydrogen-bond acceptors (Lipinski definition) is 3. The van der Waals surface area contributed by atoms with Crippen LogP contribution < -0.4 is 10.5 Å². The van der Waals surface area contributed by atoms with Crippen LogP contribution in [0.1, 0.15) is 5.69 Å². The fourth-order valence-corrected chi connectivity index (χ4v) is 1.54. The fraction of sp³-hybridized carbons (Fsp3) is 0.154. The van der Waals surface area contributed by atoms with E-state index in [-0.39, 0.29) is 0 Å². The summed E-state index contributed by atoms with van der Waals surface area (Å²) in [6.07, 6.45) is 1.82.